The van der Waals surface area contributed by atoms with Gasteiger partial charge in [-0.15, -0.1) is 0 Å². The smallest absolute Gasteiger partial charge is 0.0546 e. The highest BCUT2D eigenvalue weighted by molar-refractivity contribution is 4.90. The minimum Gasteiger partial charge on any atom is -0.381 e. The van der Waals surface area contributed by atoms with E-state index in [1.165, 1.54) is 12.8 Å². The van der Waals surface area contributed by atoms with Gasteiger partial charge in [0.25, 0.3) is 0 Å². The first-order valence-corrected chi connectivity index (χ1v) is 8.18. The maximum Gasteiger partial charge on any atom is 0.0546 e. The quantitative estimate of drug-likeness (QED) is 0.811. The number of nitrogens with one attached hydrogen (secondary N) is 1. The van der Waals surface area contributed by atoms with E-state index in [0.29, 0.717) is 17.5 Å². The van der Waals surface area contributed by atoms with E-state index in [1.807, 2.05) is 0 Å². The second-order valence-corrected chi connectivity index (χ2v) is 8.15. The van der Waals surface area contributed by atoms with Crippen LogP contribution in [0, 0.1) is 10.8 Å². The zero-order chi connectivity index (χ0) is 15.4. The molecular formula is C17H36N2O. The molecule has 0 aromatic carbocycles. The number of ether oxygens (including phenoxy) is 1. The predicted molar refractivity (Wildman–Crippen MR) is 87.2 cm³/mol. The van der Waals surface area contributed by atoms with Crippen LogP contribution in [0.3, 0.4) is 0 Å². The predicted octanol–water partition coefficient (Wildman–Crippen LogP) is 3.15. The average molecular weight is 284 g/mol. The molecule has 0 bridgehead atoms. The highest BCUT2D eigenvalue weighted by Gasteiger charge is 2.36. The van der Waals surface area contributed by atoms with Crippen molar-refractivity contribution >= 4 is 0 Å². The molecular weight excluding hydrogens is 248 g/mol. The summed E-state index contributed by atoms with van der Waals surface area (Å²) in [6, 6.07) is 1.11. The maximum absolute atomic E-state index is 5.82. The highest BCUT2D eigenvalue weighted by Crippen LogP contribution is 2.32. The van der Waals surface area contributed by atoms with Gasteiger partial charge in [-0.1, -0.05) is 34.6 Å². The molecule has 2 unspecified atom stereocenters. The lowest BCUT2D eigenvalue weighted by Crippen LogP contribution is -2.52. The Morgan fingerprint density at radius 1 is 1.25 bits per heavy atom. The van der Waals surface area contributed by atoms with Gasteiger partial charge in [0.15, 0.2) is 0 Å². The molecule has 0 spiro atoms. The van der Waals surface area contributed by atoms with Crippen LogP contribution in [0.25, 0.3) is 0 Å². The minimum atomic E-state index is 0.275. The summed E-state index contributed by atoms with van der Waals surface area (Å²) in [4.78, 5) is 2.52. The van der Waals surface area contributed by atoms with E-state index >= 15 is 0 Å². The van der Waals surface area contributed by atoms with Crippen molar-refractivity contribution in [3.63, 3.8) is 0 Å². The van der Waals surface area contributed by atoms with Gasteiger partial charge >= 0.3 is 0 Å². The normalized spacial score (nSPS) is 26.2. The molecule has 1 N–H and O–H groups in total. The van der Waals surface area contributed by atoms with Gasteiger partial charge in [-0.3, -0.25) is 0 Å². The highest BCUT2D eigenvalue weighted by atomic mass is 16.5. The Hall–Kier alpha value is -0.120. The molecule has 120 valence electrons. The molecule has 0 aromatic rings. The van der Waals surface area contributed by atoms with Gasteiger partial charge in [0.1, 0.15) is 0 Å². The summed E-state index contributed by atoms with van der Waals surface area (Å²) in [6.07, 6.45) is 2.46. The molecule has 0 radical (unpaired) electrons. The van der Waals surface area contributed by atoms with Gasteiger partial charge < -0.3 is 15.0 Å². The summed E-state index contributed by atoms with van der Waals surface area (Å²) in [6.45, 7) is 17.8. The zero-order valence-corrected chi connectivity index (χ0v) is 14.8. The molecule has 0 aromatic heterocycles. The van der Waals surface area contributed by atoms with Crippen molar-refractivity contribution in [2.24, 2.45) is 10.8 Å². The molecule has 1 heterocycles. The summed E-state index contributed by atoms with van der Waals surface area (Å²) in [5.74, 6) is 0. The first-order valence-electron chi connectivity index (χ1n) is 8.18. The van der Waals surface area contributed by atoms with Gasteiger partial charge in [0, 0.05) is 37.2 Å². The van der Waals surface area contributed by atoms with Crippen LogP contribution in [0.4, 0.5) is 0 Å². The van der Waals surface area contributed by atoms with Crippen molar-refractivity contribution in [3.05, 3.63) is 0 Å². The van der Waals surface area contributed by atoms with E-state index in [0.717, 1.165) is 26.3 Å². The van der Waals surface area contributed by atoms with Gasteiger partial charge in [0.2, 0.25) is 0 Å². The summed E-state index contributed by atoms with van der Waals surface area (Å²) < 4.78 is 5.82. The second-order valence-electron chi connectivity index (χ2n) is 8.15. The van der Waals surface area contributed by atoms with Crippen LogP contribution in [-0.2, 0) is 4.74 Å². The average Bonchev–Trinajstić information content (AvgIpc) is 2.35. The topological polar surface area (TPSA) is 24.5 Å². The third-order valence-corrected chi connectivity index (χ3v) is 4.79. The van der Waals surface area contributed by atoms with Crippen LogP contribution in [0.2, 0.25) is 0 Å². The fraction of sp³-hybridized carbons (Fsp3) is 1.00. The Kier molecular flexibility index (Phi) is 6.49. The van der Waals surface area contributed by atoms with Gasteiger partial charge in [-0.2, -0.15) is 0 Å². The van der Waals surface area contributed by atoms with Crippen LogP contribution in [-0.4, -0.2) is 50.3 Å². The lowest BCUT2D eigenvalue weighted by atomic mass is 9.79. The number of nitrogens with zero attached hydrogens (tertiary/aromatic N) is 1. The summed E-state index contributed by atoms with van der Waals surface area (Å²) >= 11 is 0. The van der Waals surface area contributed by atoms with Gasteiger partial charge in [0.05, 0.1) is 6.61 Å². The molecule has 1 aliphatic heterocycles. The molecule has 20 heavy (non-hydrogen) atoms. The van der Waals surface area contributed by atoms with Crippen LogP contribution in [0.5, 0.6) is 0 Å². The summed E-state index contributed by atoms with van der Waals surface area (Å²) in [5, 5.41) is 3.63. The van der Waals surface area contributed by atoms with Crippen molar-refractivity contribution in [2.75, 3.05) is 33.4 Å². The van der Waals surface area contributed by atoms with Crippen LogP contribution >= 0.6 is 0 Å². The Bertz CT molecular complexity index is 277. The fourth-order valence-electron chi connectivity index (χ4n) is 2.98. The van der Waals surface area contributed by atoms with Crippen molar-refractivity contribution in [1.82, 2.24) is 10.2 Å². The van der Waals surface area contributed by atoms with Crippen molar-refractivity contribution < 1.29 is 4.74 Å². The first kappa shape index (κ1) is 17.9. The first-order chi connectivity index (χ1) is 9.16. The molecule has 3 heteroatoms. The lowest BCUT2D eigenvalue weighted by Gasteiger charge is -2.44. The van der Waals surface area contributed by atoms with E-state index in [-0.39, 0.29) is 5.41 Å². The van der Waals surface area contributed by atoms with E-state index in [9.17, 15) is 0 Å². The lowest BCUT2D eigenvalue weighted by molar-refractivity contribution is -0.0351. The Balaban J connectivity index is 2.68. The Labute approximate surface area is 126 Å². The molecule has 1 rings (SSSR count). The van der Waals surface area contributed by atoms with Crippen molar-refractivity contribution in [3.8, 4) is 0 Å². The second kappa shape index (κ2) is 7.24. The fourth-order valence-corrected chi connectivity index (χ4v) is 2.98. The molecule has 1 aliphatic rings. The van der Waals surface area contributed by atoms with Crippen LogP contribution in [0.15, 0.2) is 0 Å². The standard InChI is InChI=1S/C17H36N2O/c1-14(2)18-11-17(9-8-10-20-13-17)12-19(7)15(3)16(4,5)6/h14-15,18H,8-13H2,1-7H3. The molecule has 2 atom stereocenters. The molecule has 1 fully saturated rings. The van der Waals surface area contributed by atoms with Crippen molar-refractivity contribution in [2.45, 2.75) is 66.5 Å². The molecule has 0 aliphatic carbocycles. The maximum atomic E-state index is 5.82. The van der Waals surface area contributed by atoms with Gasteiger partial charge in [-0.25, -0.2) is 0 Å². The summed E-state index contributed by atoms with van der Waals surface area (Å²) in [5.41, 5.74) is 0.591. The van der Waals surface area contributed by atoms with E-state index in [2.05, 4.69) is 58.8 Å². The third-order valence-electron chi connectivity index (χ3n) is 4.79. The van der Waals surface area contributed by atoms with E-state index < -0.39 is 0 Å². The Morgan fingerprint density at radius 3 is 2.35 bits per heavy atom. The third kappa shape index (κ3) is 5.34. The molecule has 0 saturated carbocycles. The van der Waals surface area contributed by atoms with Crippen molar-refractivity contribution in [1.29, 1.82) is 0 Å². The summed E-state index contributed by atoms with van der Waals surface area (Å²) in [7, 11) is 2.27. The largest absolute Gasteiger partial charge is 0.381 e. The monoisotopic (exact) mass is 284 g/mol. The molecule has 1 saturated heterocycles. The number of hydrogen-bond donors (Lipinski definition) is 1. The van der Waals surface area contributed by atoms with Gasteiger partial charge in [-0.05, 0) is 32.2 Å². The van der Waals surface area contributed by atoms with E-state index in [4.69, 9.17) is 4.74 Å². The minimum absolute atomic E-state index is 0.275. The SMILES string of the molecule is CC(C)NCC1(CN(C)C(C)C(C)(C)C)CCCOC1. The number of rotatable bonds is 6. The van der Waals surface area contributed by atoms with Crippen LogP contribution in [0.1, 0.15) is 54.4 Å². The van der Waals surface area contributed by atoms with Crippen LogP contribution < -0.4 is 5.32 Å². The zero-order valence-electron chi connectivity index (χ0n) is 14.8. The molecule has 3 nitrogen and oxygen atoms in total. The molecule has 0 amide bonds. The van der Waals surface area contributed by atoms with E-state index in [1.54, 1.807) is 0 Å². The number of hydrogen-bond acceptors (Lipinski definition) is 3. The Morgan fingerprint density at radius 2 is 1.90 bits per heavy atom.